The molecule has 0 bridgehead atoms. The summed E-state index contributed by atoms with van der Waals surface area (Å²) < 4.78 is 5.47. The zero-order valence-electron chi connectivity index (χ0n) is 12.4. The number of nitrogens with zero attached hydrogens (tertiary/aromatic N) is 1. The van der Waals surface area contributed by atoms with Crippen LogP contribution in [-0.4, -0.2) is 17.7 Å². The van der Waals surface area contributed by atoms with Gasteiger partial charge in [-0.15, -0.1) is 0 Å². The average molecular weight is 273 g/mol. The lowest BCUT2D eigenvalue weighted by molar-refractivity contribution is 0.0117. The van der Waals surface area contributed by atoms with Gasteiger partial charge in [-0.1, -0.05) is 24.3 Å². The van der Waals surface area contributed by atoms with Gasteiger partial charge in [0.15, 0.2) is 0 Å². The minimum absolute atomic E-state index is 0.0722. The number of aromatic nitrogens is 1. The molecular weight excluding hydrogens is 250 g/mol. The number of nitrogens with one attached hydrogen (secondary N) is 1. The Hall–Kier alpha value is -1.49. The first-order chi connectivity index (χ1) is 9.57. The van der Waals surface area contributed by atoms with Crippen molar-refractivity contribution in [2.45, 2.75) is 38.3 Å². The summed E-state index contributed by atoms with van der Waals surface area (Å²) in [6, 6.07) is 10.3. The zero-order chi connectivity index (χ0) is 14.6. The second kappa shape index (κ2) is 6.31. The maximum absolute atomic E-state index is 5.75. The van der Waals surface area contributed by atoms with Crippen molar-refractivity contribution in [2.24, 2.45) is 5.84 Å². The molecular formula is C16H23N3O. The molecule has 0 aliphatic rings. The summed E-state index contributed by atoms with van der Waals surface area (Å²) in [5.74, 6) is 5.75. The molecule has 0 aliphatic heterocycles. The molecule has 0 saturated heterocycles. The number of fused-ring (bicyclic) bond motifs is 1. The summed E-state index contributed by atoms with van der Waals surface area (Å²) in [4.78, 5) is 4.49. The quantitative estimate of drug-likeness (QED) is 0.627. The summed E-state index contributed by atoms with van der Waals surface area (Å²) in [6.07, 6.45) is 3.63. The molecule has 0 fully saturated rings. The van der Waals surface area contributed by atoms with Gasteiger partial charge in [-0.3, -0.25) is 16.3 Å². The Morgan fingerprint density at radius 1 is 1.30 bits per heavy atom. The number of para-hydroxylation sites is 1. The molecule has 3 N–H and O–H groups in total. The van der Waals surface area contributed by atoms with Crippen LogP contribution in [0.1, 0.15) is 38.3 Å². The molecule has 0 radical (unpaired) electrons. The van der Waals surface area contributed by atoms with Gasteiger partial charge in [-0.05, 0) is 38.3 Å². The maximum Gasteiger partial charge on any atom is 0.0750 e. The maximum atomic E-state index is 5.75. The second-order valence-electron chi connectivity index (χ2n) is 5.64. The summed E-state index contributed by atoms with van der Waals surface area (Å²) in [6.45, 7) is 4.17. The molecule has 20 heavy (non-hydrogen) atoms. The topological polar surface area (TPSA) is 60.2 Å². The number of nitrogens with two attached hydrogens (primary N) is 1. The largest absolute Gasteiger partial charge is 0.379 e. The highest BCUT2D eigenvalue weighted by Gasteiger charge is 2.21. The summed E-state index contributed by atoms with van der Waals surface area (Å²) >= 11 is 0. The van der Waals surface area contributed by atoms with Crippen LogP contribution in [0.15, 0.2) is 36.5 Å². The Labute approximate surface area is 120 Å². The van der Waals surface area contributed by atoms with Crippen molar-refractivity contribution in [3.8, 4) is 0 Å². The van der Waals surface area contributed by atoms with Crippen LogP contribution in [-0.2, 0) is 4.74 Å². The van der Waals surface area contributed by atoms with E-state index in [9.17, 15) is 0 Å². The fourth-order valence-electron chi connectivity index (χ4n) is 2.33. The van der Waals surface area contributed by atoms with E-state index in [0.29, 0.717) is 0 Å². The molecule has 1 aromatic heterocycles. The van der Waals surface area contributed by atoms with Gasteiger partial charge in [0.2, 0.25) is 0 Å². The predicted molar refractivity (Wildman–Crippen MR) is 82.1 cm³/mol. The van der Waals surface area contributed by atoms with E-state index in [2.05, 4.69) is 42.5 Å². The third-order valence-electron chi connectivity index (χ3n) is 3.83. The second-order valence-corrected chi connectivity index (χ2v) is 5.64. The third-order valence-corrected chi connectivity index (χ3v) is 3.83. The first kappa shape index (κ1) is 14.9. The lowest BCUT2D eigenvalue weighted by Gasteiger charge is -2.26. The minimum atomic E-state index is -0.146. The van der Waals surface area contributed by atoms with Crippen LogP contribution in [0.3, 0.4) is 0 Å². The number of hydrazine groups is 1. The van der Waals surface area contributed by atoms with E-state index >= 15 is 0 Å². The Bertz CT molecular complexity index is 563. The van der Waals surface area contributed by atoms with Crippen molar-refractivity contribution in [1.29, 1.82) is 0 Å². The molecule has 0 amide bonds. The van der Waals surface area contributed by atoms with Crippen LogP contribution in [0.2, 0.25) is 0 Å². The Morgan fingerprint density at radius 2 is 2.05 bits per heavy atom. The molecule has 0 aliphatic carbocycles. The normalized spacial score (nSPS) is 13.6. The Morgan fingerprint density at radius 3 is 2.75 bits per heavy atom. The van der Waals surface area contributed by atoms with E-state index in [-0.39, 0.29) is 11.6 Å². The standard InChI is InChI=1S/C16H23N3O/c1-16(2,20-3)10-9-14(19-17)13-8-4-6-12-7-5-11-18-15(12)13/h4-8,11,14,19H,9-10,17H2,1-3H3. The highest BCUT2D eigenvalue weighted by Crippen LogP contribution is 2.28. The van der Waals surface area contributed by atoms with Gasteiger partial charge in [0.1, 0.15) is 0 Å². The first-order valence-corrected chi connectivity index (χ1v) is 6.92. The van der Waals surface area contributed by atoms with Crippen molar-refractivity contribution < 1.29 is 4.74 Å². The number of pyridine rings is 1. The van der Waals surface area contributed by atoms with Crippen LogP contribution in [0.25, 0.3) is 10.9 Å². The number of rotatable bonds is 6. The van der Waals surface area contributed by atoms with Gasteiger partial charge in [0, 0.05) is 24.7 Å². The predicted octanol–water partition coefficient (Wildman–Crippen LogP) is 2.94. The monoisotopic (exact) mass is 273 g/mol. The minimum Gasteiger partial charge on any atom is -0.379 e. The molecule has 2 rings (SSSR count). The van der Waals surface area contributed by atoms with Gasteiger partial charge in [0.05, 0.1) is 11.1 Å². The van der Waals surface area contributed by atoms with Gasteiger partial charge in [-0.25, -0.2) is 0 Å². The number of benzene rings is 1. The highest BCUT2D eigenvalue weighted by atomic mass is 16.5. The molecule has 1 atom stereocenters. The van der Waals surface area contributed by atoms with E-state index in [1.165, 1.54) is 0 Å². The van der Waals surface area contributed by atoms with E-state index < -0.39 is 0 Å². The molecule has 0 spiro atoms. The molecule has 108 valence electrons. The molecule has 4 nitrogen and oxygen atoms in total. The van der Waals surface area contributed by atoms with Crippen LogP contribution in [0, 0.1) is 0 Å². The van der Waals surface area contributed by atoms with Crippen molar-refractivity contribution in [2.75, 3.05) is 7.11 Å². The molecule has 1 unspecified atom stereocenters. The fraction of sp³-hybridized carbons (Fsp3) is 0.438. The van der Waals surface area contributed by atoms with Crippen LogP contribution in [0.4, 0.5) is 0 Å². The summed E-state index contributed by atoms with van der Waals surface area (Å²) in [7, 11) is 1.74. The smallest absolute Gasteiger partial charge is 0.0750 e. The van der Waals surface area contributed by atoms with Gasteiger partial charge in [-0.2, -0.15) is 0 Å². The highest BCUT2D eigenvalue weighted by molar-refractivity contribution is 5.81. The molecule has 2 aromatic rings. The van der Waals surface area contributed by atoms with E-state index in [1.54, 1.807) is 7.11 Å². The van der Waals surface area contributed by atoms with E-state index in [1.807, 2.05) is 18.3 Å². The number of hydrogen-bond acceptors (Lipinski definition) is 4. The molecule has 1 aromatic carbocycles. The van der Waals surface area contributed by atoms with Gasteiger partial charge < -0.3 is 4.74 Å². The van der Waals surface area contributed by atoms with Crippen molar-refractivity contribution in [3.05, 3.63) is 42.1 Å². The Kier molecular flexibility index (Phi) is 4.70. The third kappa shape index (κ3) is 3.33. The number of methoxy groups -OCH3 is 1. The Balaban J connectivity index is 2.26. The lowest BCUT2D eigenvalue weighted by Crippen LogP contribution is -2.31. The average Bonchev–Trinajstić information content (AvgIpc) is 2.48. The number of hydrogen-bond donors (Lipinski definition) is 2. The van der Waals surface area contributed by atoms with Crippen LogP contribution in [0.5, 0.6) is 0 Å². The SMILES string of the molecule is COC(C)(C)CCC(NN)c1cccc2cccnc12. The van der Waals surface area contributed by atoms with Crippen LogP contribution >= 0.6 is 0 Å². The van der Waals surface area contributed by atoms with Crippen molar-refractivity contribution in [3.63, 3.8) is 0 Å². The van der Waals surface area contributed by atoms with Crippen LogP contribution < -0.4 is 11.3 Å². The first-order valence-electron chi connectivity index (χ1n) is 6.92. The lowest BCUT2D eigenvalue weighted by atomic mass is 9.94. The van der Waals surface area contributed by atoms with E-state index in [4.69, 9.17) is 10.6 Å². The summed E-state index contributed by atoms with van der Waals surface area (Å²) in [5.41, 5.74) is 4.91. The van der Waals surface area contributed by atoms with Gasteiger partial charge in [0.25, 0.3) is 0 Å². The van der Waals surface area contributed by atoms with Crippen molar-refractivity contribution >= 4 is 10.9 Å². The van der Waals surface area contributed by atoms with Crippen molar-refractivity contribution in [1.82, 2.24) is 10.4 Å². The summed E-state index contributed by atoms with van der Waals surface area (Å²) in [5, 5.41) is 1.14. The number of ether oxygens (including phenoxy) is 1. The molecule has 0 saturated carbocycles. The molecule has 4 heteroatoms. The zero-order valence-corrected chi connectivity index (χ0v) is 12.4. The fourth-order valence-corrected chi connectivity index (χ4v) is 2.33. The van der Waals surface area contributed by atoms with E-state index in [0.717, 1.165) is 29.3 Å². The van der Waals surface area contributed by atoms with Gasteiger partial charge >= 0.3 is 0 Å². The molecule has 1 heterocycles.